The Morgan fingerprint density at radius 2 is 1.79 bits per heavy atom. The number of hydrogen-bond acceptors (Lipinski definition) is 1. The van der Waals surface area contributed by atoms with Crippen LogP contribution >= 0.6 is 0 Å². The predicted molar refractivity (Wildman–Crippen MR) is 54.7 cm³/mol. The number of carbonyl (C=O) groups is 1. The van der Waals surface area contributed by atoms with Crippen molar-refractivity contribution in [2.45, 2.75) is 51.0 Å². The molecular weight excluding hydrogens is 174 g/mol. The molecule has 0 bridgehead atoms. The monoisotopic (exact) mass is 193 g/mol. The van der Waals surface area contributed by atoms with Crippen LogP contribution in [0.4, 0.5) is 0 Å². The molecule has 0 aromatic heterocycles. The van der Waals surface area contributed by atoms with Crippen molar-refractivity contribution in [1.29, 1.82) is 0 Å². The maximum Gasteiger partial charge on any atom is 0.223 e. The molecule has 3 rings (SSSR count). The molecule has 1 saturated heterocycles. The van der Waals surface area contributed by atoms with E-state index in [-0.39, 0.29) is 0 Å². The molecule has 1 N–H and O–H groups in total. The number of nitrogens with one attached hydrogen (secondary N) is 1. The number of carbonyl (C=O) groups excluding carboxylic acids is 1. The van der Waals surface area contributed by atoms with E-state index in [1.807, 2.05) is 0 Å². The van der Waals surface area contributed by atoms with Crippen molar-refractivity contribution in [3.63, 3.8) is 0 Å². The first-order valence-corrected chi connectivity index (χ1v) is 6.15. The second-order valence-electron chi connectivity index (χ2n) is 5.34. The zero-order chi connectivity index (χ0) is 9.54. The van der Waals surface area contributed by atoms with Gasteiger partial charge in [0.1, 0.15) is 0 Å². The summed E-state index contributed by atoms with van der Waals surface area (Å²) in [5.74, 6) is 2.29. The van der Waals surface area contributed by atoms with Crippen LogP contribution in [0, 0.1) is 17.8 Å². The van der Waals surface area contributed by atoms with Crippen LogP contribution in [0.1, 0.15) is 44.9 Å². The van der Waals surface area contributed by atoms with E-state index >= 15 is 0 Å². The average molecular weight is 193 g/mol. The van der Waals surface area contributed by atoms with E-state index in [0.29, 0.717) is 23.8 Å². The fourth-order valence-electron chi connectivity index (χ4n) is 3.36. The summed E-state index contributed by atoms with van der Waals surface area (Å²) < 4.78 is 0. The van der Waals surface area contributed by atoms with Crippen LogP contribution in [0.2, 0.25) is 0 Å². The number of hydrogen-bond donors (Lipinski definition) is 1. The second-order valence-corrected chi connectivity index (χ2v) is 5.34. The van der Waals surface area contributed by atoms with Crippen LogP contribution in [-0.2, 0) is 4.79 Å². The molecule has 78 valence electrons. The molecule has 4 atom stereocenters. The van der Waals surface area contributed by atoms with E-state index in [4.69, 9.17) is 0 Å². The van der Waals surface area contributed by atoms with Crippen LogP contribution < -0.4 is 5.32 Å². The minimum absolute atomic E-state index is 0.366. The highest BCUT2D eigenvalue weighted by molar-refractivity contribution is 5.79. The van der Waals surface area contributed by atoms with Gasteiger partial charge in [-0.25, -0.2) is 0 Å². The average Bonchev–Trinajstić information content (AvgIpc) is 2.91. The van der Waals surface area contributed by atoms with Crippen molar-refractivity contribution in [2.75, 3.05) is 0 Å². The van der Waals surface area contributed by atoms with Gasteiger partial charge in [0.25, 0.3) is 0 Å². The SMILES string of the molecule is O=C1N[C@H]2C[C@H]2CC[C@H]2CCCC[C@H]12. The first kappa shape index (κ1) is 8.75. The standard InChI is InChI=1S/C12H19NO/c14-12-10-4-2-1-3-8(10)5-6-9-7-11(9)13-12/h8-11H,1-7H2,(H,13,14)/t8-,9-,10+,11+/m1/s1. The Kier molecular flexibility index (Phi) is 2.03. The zero-order valence-corrected chi connectivity index (χ0v) is 8.67. The topological polar surface area (TPSA) is 29.1 Å². The normalized spacial score (nSPS) is 46.7. The highest BCUT2D eigenvalue weighted by Crippen LogP contribution is 2.42. The van der Waals surface area contributed by atoms with Crippen molar-refractivity contribution in [3.05, 3.63) is 0 Å². The lowest BCUT2D eigenvalue weighted by atomic mass is 9.75. The molecule has 1 aliphatic heterocycles. The van der Waals surface area contributed by atoms with Crippen LogP contribution in [0.3, 0.4) is 0 Å². The summed E-state index contributed by atoms with van der Waals surface area (Å²) >= 11 is 0. The maximum atomic E-state index is 11.9. The number of amides is 1. The van der Waals surface area contributed by atoms with Gasteiger partial charge in [0.05, 0.1) is 0 Å². The van der Waals surface area contributed by atoms with E-state index in [0.717, 1.165) is 12.3 Å². The molecule has 2 aliphatic carbocycles. The first-order chi connectivity index (χ1) is 6.84. The second kappa shape index (κ2) is 3.25. The Labute approximate surface area is 85.4 Å². The Hall–Kier alpha value is -0.530. The molecule has 2 saturated carbocycles. The Balaban J connectivity index is 1.74. The molecular formula is C12H19NO. The van der Waals surface area contributed by atoms with Gasteiger partial charge in [-0.05, 0) is 43.9 Å². The molecule has 1 amide bonds. The molecule has 2 heteroatoms. The summed E-state index contributed by atoms with van der Waals surface area (Å²) in [7, 11) is 0. The molecule has 0 unspecified atom stereocenters. The Morgan fingerprint density at radius 1 is 1.00 bits per heavy atom. The Morgan fingerprint density at radius 3 is 2.71 bits per heavy atom. The first-order valence-electron chi connectivity index (χ1n) is 6.15. The van der Waals surface area contributed by atoms with Crippen molar-refractivity contribution in [1.82, 2.24) is 5.32 Å². The minimum Gasteiger partial charge on any atom is -0.353 e. The lowest BCUT2D eigenvalue weighted by Crippen LogP contribution is -2.39. The molecule has 0 spiro atoms. The molecule has 0 aromatic rings. The van der Waals surface area contributed by atoms with E-state index in [1.165, 1.54) is 38.5 Å². The van der Waals surface area contributed by atoms with Gasteiger partial charge >= 0.3 is 0 Å². The molecule has 3 fully saturated rings. The van der Waals surface area contributed by atoms with Gasteiger partial charge in [-0.2, -0.15) is 0 Å². The van der Waals surface area contributed by atoms with Gasteiger partial charge in [-0.3, -0.25) is 4.79 Å². The maximum absolute atomic E-state index is 11.9. The van der Waals surface area contributed by atoms with E-state index < -0.39 is 0 Å². The summed E-state index contributed by atoms with van der Waals surface area (Å²) in [6.07, 6.45) is 9.01. The molecule has 0 aromatic carbocycles. The molecule has 2 nitrogen and oxygen atoms in total. The number of rotatable bonds is 0. The summed E-state index contributed by atoms with van der Waals surface area (Å²) in [5.41, 5.74) is 0. The fourth-order valence-corrected chi connectivity index (χ4v) is 3.36. The van der Waals surface area contributed by atoms with Crippen molar-refractivity contribution in [2.24, 2.45) is 17.8 Å². The van der Waals surface area contributed by atoms with Gasteiger partial charge in [-0.15, -0.1) is 0 Å². The quantitative estimate of drug-likeness (QED) is 0.627. The van der Waals surface area contributed by atoms with Crippen molar-refractivity contribution in [3.8, 4) is 0 Å². The molecule has 1 heterocycles. The smallest absolute Gasteiger partial charge is 0.223 e. The van der Waals surface area contributed by atoms with E-state index in [1.54, 1.807) is 0 Å². The summed E-state index contributed by atoms with van der Waals surface area (Å²) in [4.78, 5) is 11.9. The van der Waals surface area contributed by atoms with Gasteiger partial charge in [0.15, 0.2) is 0 Å². The number of fused-ring (bicyclic) bond motifs is 2. The third-order valence-electron chi connectivity index (χ3n) is 4.40. The summed E-state index contributed by atoms with van der Waals surface area (Å²) in [6, 6.07) is 0.561. The van der Waals surface area contributed by atoms with Crippen LogP contribution in [0.15, 0.2) is 0 Å². The summed E-state index contributed by atoms with van der Waals surface area (Å²) in [5, 5.41) is 3.22. The third-order valence-corrected chi connectivity index (χ3v) is 4.40. The fraction of sp³-hybridized carbons (Fsp3) is 0.917. The van der Waals surface area contributed by atoms with Crippen LogP contribution in [0.5, 0.6) is 0 Å². The summed E-state index contributed by atoms with van der Waals surface area (Å²) in [6.45, 7) is 0. The van der Waals surface area contributed by atoms with Gasteiger partial charge in [-0.1, -0.05) is 12.8 Å². The molecule has 0 radical (unpaired) electrons. The van der Waals surface area contributed by atoms with Crippen molar-refractivity contribution >= 4 is 5.91 Å². The van der Waals surface area contributed by atoms with Crippen molar-refractivity contribution < 1.29 is 4.79 Å². The largest absolute Gasteiger partial charge is 0.353 e. The molecule has 3 aliphatic rings. The van der Waals surface area contributed by atoms with Gasteiger partial charge in [0, 0.05) is 12.0 Å². The highest BCUT2D eigenvalue weighted by atomic mass is 16.2. The predicted octanol–water partition coefficient (Wildman–Crippen LogP) is 2.09. The zero-order valence-electron chi connectivity index (χ0n) is 8.67. The van der Waals surface area contributed by atoms with Gasteiger partial charge < -0.3 is 5.32 Å². The lowest BCUT2D eigenvalue weighted by molar-refractivity contribution is -0.128. The van der Waals surface area contributed by atoms with E-state index in [9.17, 15) is 4.79 Å². The van der Waals surface area contributed by atoms with Crippen LogP contribution in [-0.4, -0.2) is 11.9 Å². The van der Waals surface area contributed by atoms with E-state index in [2.05, 4.69) is 5.32 Å². The Bertz CT molecular complexity index is 251. The lowest BCUT2D eigenvalue weighted by Gasteiger charge is -2.32. The highest BCUT2D eigenvalue weighted by Gasteiger charge is 2.43. The van der Waals surface area contributed by atoms with Gasteiger partial charge in [0.2, 0.25) is 5.91 Å². The molecule has 14 heavy (non-hydrogen) atoms. The van der Waals surface area contributed by atoms with Crippen LogP contribution in [0.25, 0.3) is 0 Å². The minimum atomic E-state index is 0.366. The third kappa shape index (κ3) is 1.45.